The quantitative estimate of drug-likeness (QED) is 0.854. The molecule has 0 aliphatic heterocycles. The highest BCUT2D eigenvalue weighted by Gasteiger charge is 2.18. The van der Waals surface area contributed by atoms with Gasteiger partial charge in [0.25, 0.3) is 5.91 Å². The van der Waals surface area contributed by atoms with Crippen LogP contribution in [0.2, 0.25) is 5.02 Å². The van der Waals surface area contributed by atoms with Gasteiger partial charge in [-0.2, -0.15) is 0 Å². The van der Waals surface area contributed by atoms with Crippen LogP contribution in [0, 0.1) is 13.8 Å². The van der Waals surface area contributed by atoms with Crippen LogP contribution in [0.15, 0.2) is 36.4 Å². The van der Waals surface area contributed by atoms with Gasteiger partial charge in [-0.25, -0.2) is 0 Å². The van der Waals surface area contributed by atoms with Crippen molar-refractivity contribution >= 4 is 28.9 Å². The molecule has 2 rings (SSSR count). The van der Waals surface area contributed by atoms with E-state index in [-0.39, 0.29) is 5.91 Å². The fourth-order valence-electron chi connectivity index (χ4n) is 2.08. The van der Waals surface area contributed by atoms with Crippen LogP contribution in [0.1, 0.15) is 21.5 Å². The summed E-state index contributed by atoms with van der Waals surface area (Å²) >= 11 is 5.97. The van der Waals surface area contributed by atoms with Crippen molar-refractivity contribution in [3.8, 4) is 0 Å². The van der Waals surface area contributed by atoms with Crippen molar-refractivity contribution in [1.82, 2.24) is 0 Å². The zero-order valence-electron chi connectivity index (χ0n) is 11.8. The molecule has 0 aromatic heterocycles. The molecule has 4 heteroatoms. The van der Waals surface area contributed by atoms with Crippen molar-refractivity contribution < 1.29 is 4.79 Å². The first-order chi connectivity index (χ1) is 9.41. The molecule has 20 heavy (non-hydrogen) atoms. The maximum atomic E-state index is 12.6. The van der Waals surface area contributed by atoms with Crippen molar-refractivity contribution in [2.75, 3.05) is 17.7 Å². The predicted molar refractivity (Wildman–Crippen MR) is 84.5 cm³/mol. The van der Waals surface area contributed by atoms with Crippen LogP contribution in [0.3, 0.4) is 0 Å². The second kappa shape index (κ2) is 5.55. The van der Waals surface area contributed by atoms with E-state index in [0.717, 1.165) is 11.1 Å². The maximum absolute atomic E-state index is 12.6. The first-order valence-electron chi connectivity index (χ1n) is 6.31. The van der Waals surface area contributed by atoms with Crippen LogP contribution in [-0.4, -0.2) is 13.0 Å². The number of hydrogen-bond acceptors (Lipinski definition) is 2. The number of aryl methyl sites for hydroxylation is 1. The molecule has 0 fully saturated rings. The number of anilines is 2. The molecule has 0 radical (unpaired) electrons. The topological polar surface area (TPSA) is 46.3 Å². The summed E-state index contributed by atoms with van der Waals surface area (Å²) in [5.74, 6) is -0.0971. The van der Waals surface area contributed by atoms with Crippen molar-refractivity contribution in [2.45, 2.75) is 13.8 Å². The number of benzene rings is 2. The number of hydrogen-bond donors (Lipinski definition) is 1. The average molecular weight is 289 g/mol. The monoisotopic (exact) mass is 288 g/mol. The van der Waals surface area contributed by atoms with Gasteiger partial charge in [0.2, 0.25) is 0 Å². The van der Waals surface area contributed by atoms with E-state index in [1.165, 1.54) is 4.90 Å². The molecule has 2 N–H and O–H groups in total. The Hall–Kier alpha value is -2.00. The van der Waals surface area contributed by atoms with Crippen LogP contribution in [0.4, 0.5) is 11.4 Å². The van der Waals surface area contributed by atoms with Gasteiger partial charge in [0.15, 0.2) is 0 Å². The molecule has 0 atom stereocenters. The van der Waals surface area contributed by atoms with Gasteiger partial charge < -0.3 is 10.6 Å². The minimum absolute atomic E-state index is 0.0971. The fourth-order valence-corrected chi connectivity index (χ4v) is 2.25. The third-order valence-corrected chi connectivity index (χ3v) is 3.73. The Balaban J connectivity index is 2.43. The van der Waals surface area contributed by atoms with Gasteiger partial charge in [-0.05, 0) is 49.2 Å². The smallest absolute Gasteiger partial charge is 0.258 e. The molecule has 0 aliphatic rings. The van der Waals surface area contributed by atoms with Crippen LogP contribution in [0.25, 0.3) is 0 Å². The fraction of sp³-hybridized carbons (Fsp3) is 0.188. The number of halogens is 1. The van der Waals surface area contributed by atoms with Crippen LogP contribution in [-0.2, 0) is 0 Å². The predicted octanol–water partition coefficient (Wildman–Crippen LogP) is 3.82. The van der Waals surface area contributed by atoms with E-state index in [0.29, 0.717) is 22.0 Å². The number of carbonyl (C=O) groups excluding carboxylic acids is 1. The highest BCUT2D eigenvalue weighted by molar-refractivity contribution is 6.31. The molecule has 0 saturated heterocycles. The molecule has 0 spiro atoms. The molecule has 2 aromatic rings. The van der Waals surface area contributed by atoms with Crippen molar-refractivity contribution in [1.29, 1.82) is 0 Å². The lowest BCUT2D eigenvalue weighted by molar-refractivity contribution is 0.0992. The number of carbonyl (C=O) groups is 1. The molecular formula is C16H17ClN2O. The molecular weight excluding hydrogens is 272 g/mol. The molecule has 2 aromatic carbocycles. The number of nitrogens with two attached hydrogens (primary N) is 1. The summed E-state index contributed by atoms with van der Waals surface area (Å²) in [5.41, 5.74) is 9.80. The van der Waals surface area contributed by atoms with Gasteiger partial charge in [-0.1, -0.05) is 23.7 Å². The SMILES string of the molecule is Cc1cccc(C(=O)N(C)c2cc(Cl)ccc2N)c1C. The van der Waals surface area contributed by atoms with E-state index in [2.05, 4.69) is 0 Å². The number of nitrogen functional groups attached to an aromatic ring is 1. The first-order valence-corrected chi connectivity index (χ1v) is 6.69. The van der Waals surface area contributed by atoms with E-state index >= 15 is 0 Å². The molecule has 0 heterocycles. The molecule has 1 amide bonds. The van der Waals surface area contributed by atoms with E-state index in [9.17, 15) is 4.79 Å². The second-order valence-electron chi connectivity index (χ2n) is 4.81. The third kappa shape index (κ3) is 2.63. The van der Waals surface area contributed by atoms with Crippen LogP contribution in [0.5, 0.6) is 0 Å². The van der Waals surface area contributed by atoms with Crippen LogP contribution >= 0.6 is 11.6 Å². The Labute approximate surface area is 124 Å². The zero-order valence-corrected chi connectivity index (χ0v) is 12.5. The largest absolute Gasteiger partial charge is 0.397 e. The summed E-state index contributed by atoms with van der Waals surface area (Å²) in [6.07, 6.45) is 0. The van der Waals surface area contributed by atoms with Gasteiger partial charge >= 0.3 is 0 Å². The maximum Gasteiger partial charge on any atom is 0.258 e. The minimum atomic E-state index is -0.0971. The molecule has 0 aliphatic carbocycles. The number of amides is 1. The van der Waals surface area contributed by atoms with E-state index in [1.807, 2.05) is 32.0 Å². The second-order valence-corrected chi connectivity index (χ2v) is 5.25. The van der Waals surface area contributed by atoms with Crippen molar-refractivity contribution in [3.05, 3.63) is 58.1 Å². The van der Waals surface area contributed by atoms with E-state index < -0.39 is 0 Å². The standard InChI is InChI=1S/C16H17ClN2O/c1-10-5-4-6-13(11(10)2)16(20)19(3)15-9-12(17)7-8-14(15)18/h4-9H,18H2,1-3H3. The number of rotatable bonds is 2. The van der Waals surface area contributed by atoms with Gasteiger partial charge in [0, 0.05) is 17.6 Å². The Bertz CT molecular complexity index is 668. The summed E-state index contributed by atoms with van der Waals surface area (Å²) in [4.78, 5) is 14.1. The molecule has 0 saturated carbocycles. The molecule has 3 nitrogen and oxygen atoms in total. The number of nitrogens with zero attached hydrogens (tertiary/aromatic N) is 1. The van der Waals surface area contributed by atoms with Gasteiger partial charge in [-0.3, -0.25) is 4.79 Å². The van der Waals surface area contributed by atoms with Crippen molar-refractivity contribution in [2.24, 2.45) is 0 Å². The average Bonchev–Trinajstić information content (AvgIpc) is 2.43. The molecule has 0 bridgehead atoms. The first kappa shape index (κ1) is 14.4. The Morgan fingerprint density at radius 2 is 1.90 bits per heavy atom. The Kier molecular flexibility index (Phi) is 4.00. The normalized spacial score (nSPS) is 10.4. The Morgan fingerprint density at radius 1 is 1.20 bits per heavy atom. The molecule has 0 unspecified atom stereocenters. The summed E-state index contributed by atoms with van der Waals surface area (Å²) in [5, 5.41) is 0.551. The third-order valence-electron chi connectivity index (χ3n) is 3.49. The van der Waals surface area contributed by atoms with E-state index in [1.54, 1.807) is 25.2 Å². The van der Waals surface area contributed by atoms with Crippen LogP contribution < -0.4 is 10.6 Å². The summed E-state index contributed by atoms with van der Waals surface area (Å²) in [6.45, 7) is 3.93. The Morgan fingerprint density at radius 3 is 2.60 bits per heavy atom. The zero-order chi connectivity index (χ0) is 14.9. The highest BCUT2D eigenvalue weighted by Crippen LogP contribution is 2.27. The van der Waals surface area contributed by atoms with Gasteiger partial charge in [0.05, 0.1) is 11.4 Å². The lowest BCUT2D eigenvalue weighted by atomic mass is 10.0. The summed E-state index contributed by atoms with van der Waals surface area (Å²) in [7, 11) is 1.70. The summed E-state index contributed by atoms with van der Waals surface area (Å²) in [6, 6.07) is 10.8. The van der Waals surface area contributed by atoms with E-state index in [4.69, 9.17) is 17.3 Å². The van der Waals surface area contributed by atoms with Gasteiger partial charge in [-0.15, -0.1) is 0 Å². The van der Waals surface area contributed by atoms with Gasteiger partial charge in [0.1, 0.15) is 0 Å². The lowest BCUT2D eigenvalue weighted by Crippen LogP contribution is -2.27. The molecule has 104 valence electrons. The van der Waals surface area contributed by atoms with Crippen molar-refractivity contribution in [3.63, 3.8) is 0 Å². The lowest BCUT2D eigenvalue weighted by Gasteiger charge is -2.21. The summed E-state index contributed by atoms with van der Waals surface area (Å²) < 4.78 is 0. The highest BCUT2D eigenvalue weighted by atomic mass is 35.5. The minimum Gasteiger partial charge on any atom is -0.397 e.